The maximum atomic E-state index is 5.80. The summed E-state index contributed by atoms with van der Waals surface area (Å²) in [5.41, 5.74) is 6.73. The molecule has 1 heterocycles. The van der Waals surface area contributed by atoms with Crippen molar-refractivity contribution in [1.29, 1.82) is 0 Å². The standard InChI is InChI=1S/C15H22N4O/c1-18(12-15-17-7-8-19(15)2)9-10-20-14-6-4-3-5-13(14)11-16/h3-8H,9-12,16H2,1-2H3. The smallest absolute Gasteiger partial charge is 0.123 e. The summed E-state index contributed by atoms with van der Waals surface area (Å²) in [5, 5.41) is 0. The van der Waals surface area contributed by atoms with Crippen LogP contribution in [0.15, 0.2) is 36.7 Å². The van der Waals surface area contributed by atoms with Gasteiger partial charge in [0.25, 0.3) is 0 Å². The van der Waals surface area contributed by atoms with E-state index in [0.717, 1.165) is 30.2 Å². The van der Waals surface area contributed by atoms with E-state index >= 15 is 0 Å². The third kappa shape index (κ3) is 3.82. The summed E-state index contributed by atoms with van der Waals surface area (Å²) in [4.78, 5) is 6.50. The Labute approximate surface area is 120 Å². The molecule has 108 valence electrons. The summed E-state index contributed by atoms with van der Waals surface area (Å²) in [5.74, 6) is 1.93. The van der Waals surface area contributed by atoms with E-state index in [1.165, 1.54) is 0 Å². The molecule has 0 saturated heterocycles. The fraction of sp³-hybridized carbons (Fsp3) is 0.400. The molecule has 0 fully saturated rings. The molecule has 0 aliphatic rings. The first-order valence-corrected chi connectivity index (χ1v) is 6.76. The van der Waals surface area contributed by atoms with E-state index in [-0.39, 0.29) is 0 Å². The SMILES string of the molecule is CN(CCOc1ccccc1CN)Cc1nccn1C. The lowest BCUT2D eigenvalue weighted by molar-refractivity contribution is 0.227. The second-order valence-corrected chi connectivity index (χ2v) is 4.85. The normalized spacial score (nSPS) is 11.0. The van der Waals surface area contributed by atoms with Crippen molar-refractivity contribution in [3.8, 4) is 5.75 Å². The summed E-state index contributed by atoms with van der Waals surface area (Å²) >= 11 is 0. The molecule has 0 bridgehead atoms. The molecule has 0 saturated carbocycles. The van der Waals surface area contributed by atoms with Crippen LogP contribution in [0.3, 0.4) is 0 Å². The highest BCUT2D eigenvalue weighted by molar-refractivity contribution is 5.32. The third-order valence-electron chi connectivity index (χ3n) is 3.26. The first kappa shape index (κ1) is 14.6. The minimum absolute atomic E-state index is 0.499. The van der Waals surface area contributed by atoms with Gasteiger partial charge < -0.3 is 15.0 Å². The van der Waals surface area contributed by atoms with Gasteiger partial charge in [0.15, 0.2) is 0 Å². The molecule has 2 aromatic rings. The van der Waals surface area contributed by atoms with E-state index in [2.05, 4.69) is 16.9 Å². The summed E-state index contributed by atoms with van der Waals surface area (Å²) in [6.45, 7) is 2.79. The van der Waals surface area contributed by atoms with Gasteiger partial charge in [-0.1, -0.05) is 18.2 Å². The molecule has 1 aromatic heterocycles. The molecule has 2 rings (SSSR count). The van der Waals surface area contributed by atoms with Crippen LogP contribution in [0, 0.1) is 0 Å². The lowest BCUT2D eigenvalue weighted by Gasteiger charge is -2.17. The van der Waals surface area contributed by atoms with Crippen LogP contribution in [0.5, 0.6) is 5.75 Å². The van der Waals surface area contributed by atoms with Gasteiger partial charge in [0, 0.05) is 38.1 Å². The van der Waals surface area contributed by atoms with Crippen LogP contribution in [0.4, 0.5) is 0 Å². The van der Waals surface area contributed by atoms with Gasteiger partial charge in [-0.3, -0.25) is 4.90 Å². The minimum Gasteiger partial charge on any atom is -0.492 e. The fourth-order valence-electron chi connectivity index (χ4n) is 1.99. The maximum absolute atomic E-state index is 5.80. The molecule has 0 amide bonds. The van der Waals surface area contributed by atoms with Crippen molar-refractivity contribution >= 4 is 0 Å². The molecule has 2 N–H and O–H groups in total. The van der Waals surface area contributed by atoms with Crippen molar-refractivity contribution in [3.05, 3.63) is 48.0 Å². The molecule has 0 spiro atoms. The van der Waals surface area contributed by atoms with Crippen molar-refractivity contribution in [1.82, 2.24) is 14.5 Å². The van der Waals surface area contributed by atoms with Crippen LogP contribution in [0.25, 0.3) is 0 Å². The predicted octanol–water partition coefficient (Wildman–Crippen LogP) is 1.39. The topological polar surface area (TPSA) is 56.3 Å². The largest absolute Gasteiger partial charge is 0.492 e. The quantitative estimate of drug-likeness (QED) is 0.829. The average molecular weight is 274 g/mol. The Balaban J connectivity index is 1.79. The zero-order chi connectivity index (χ0) is 14.4. The highest BCUT2D eigenvalue weighted by Crippen LogP contribution is 2.16. The fourth-order valence-corrected chi connectivity index (χ4v) is 1.99. The molecule has 0 unspecified atom stereocenters. The number of hydrogen-bond donors (Lipinski definition) is 1. The van der Waals surface area contributed by atoms with E-state index in [0.29, 0.717) is 13.2 Å². The summed E-state index contributed by atoms with van der Waals surface area (Å²) in [7, 11) is 4.07. The average Bonchev–Trinajstić information content (AvgIpc) is 2.85. The predicted molar refractivity (Wildman–Crippen MR) is 79.4 cm³/mol. The minimum atomic E-state index is 0.499. The molecule has 0 radical (unpaired) electrons. The van der Waals surface area contributed by atoms with Gasteiger partial charge in [-0.2, -0.15) is 0 Å². The van der Waals surface area contributed by atoms with Crippen LogP contribution in [-0.4, -0.2) is 34.7 Å². The lowest BCUT2D eigenvalue weighted by Crippen LogP contribution is -2.25. The van der Waals surface area contributed by atoms with E-state index in [9.17, 15) is 0 Å². The van der Waals surface area contributed by atoms with Crippen molar-refractivity contribution < 1.29 is 4.74 Å². The summed E-state index contributed by atoms with van der Waals surface area (Å²) in [6, 6.07) is 7.89. The van der Waals surface area contributed by atoms with Crippen LogP contribution >= 0.6 is 0 Å². The number of imidazole rings is 1. The Morgan fingerprint density at radius 3 is 2.85 bits per heavy atom. The van der Waals surface area contributed by atoms with E-state index in [4.69, 9.17) is 10.5 Å². The molecular formula is C15H22N4O. The van der Waals surface area contributed by atoms with Gasteiger partial charge in [-0.05, 0) is 13.1 Å². The van der Waals surface area contributed by atoms with Gasteiger partial charge in [-0.25, -0.2) is 4.98 Å². The summed E-state index contributed by atoms with van der Waals surface area (Å²) in [6.07, 6.45) is 3.77. The third-order valence-corrected chi connectivity index (χ3v) is 3.26. The highest BCUT2D eigenvalue weighted by atomic mass is 16.5. The van der Waals surface area contributed by atoms with Crippen molar-refractivity contribution in [2.24, 2.45) is 12.8 Å². The molecule has 0 atom stereocenters. The Kier molecular flexibility index (Phi) is 5.15. The van der Waals surface area contributed by atoms with Crippen LogP contribution < -0.4 is 10.5 Å². The molecular weight excluding hydrogens is 252 g/mol. The molecule has 0 aliphatic carbocycles. The molecule has 20 heavy (non-hydrogen) atoms. The van der Waals surface area contributed by atoms with E-state index in [1.54, 1.807) is 0 Å². The van der Waals surface area contributed by atoms with E-state index in [1.807, 2.05) is 48.3 Å². The van der Waals surface area contributed by atoms with E-state index < -0.39 is 0 Å². The van der Waals surface area contributed by atoms with Crippen LogP contribution in [-0.2, 0) is 20.1 Å². The van der Waals surface area contributed by atoms with Crippen molar-refractivity contribution in [2.45, 2.75) is 13.1 Å². The number of nitrogens with zero attached hydrogens (tertiary/aromatic N) is 3. The van der Waals surface area contributed by atoms with Crippen molar-refractivity contribution in [2.75, 3.05) is 20.2 Å². The Morgan fingerprint density at radius 1 is 1.35 bits per heavy atom. The maximum Gasteiger partial charge on any atom is 0.123 e. The van der Waals surface area contributed by atoms with Gasteiger partial charge in [0.05, 0.1) is 6.54 Å². The molecule has 5 nitrogen and oxygen atoms in total. The zero-order valence-electron chi connectivity index (χ0n) is 12.1. The highest BCUT2D eigenvalue weighted by Gasteiger charge is 2.05. The first-order chi connectivity index (χ1) is 9.70. The number of para-hydroxylation sites is 1. The van der Waals surface area contributed by atoms with Crippen LogP contribution in [0.1, 0.15) is 11.4 Å². The lowest BCUT2D eigenvalue weighted by atomic mass is 10.2. The zero-order valence-corrected chi connectivity index (χ0v) is 12.1. The van der Waals surface area contributed by atoms with Crippen molar-refractivity contribution in [3.63, 3.8) is 0 Å². The number of likely N-dealkylation sites (N-methyl/N-ethyl adjacent to an activating group) is 1. The van der Waals surface area contributed by atoms with Gasteiger partial charge in [0.1, 0.15) is 18.2 Å². The molecule has 5 heteroatoms. The number of ether oxygens (including phenoxy) is 1. The number of aromatic nitrogens is 2. The van der Waals surface area contributed by atoms with Gasteiger partial charge in [0.2, 0.25) is 0 Å². The van der Waals surface area contributed by atoms with Gasteiger partial charge >= 0.3 is 0 Å². The Hall–Kier alpha value is -1.85. The number of rotatable bonds is 7. The number of aryl methyl sites for hydroxylation is 1. The first-order valence-electron chi connectivity index (χ1n) is 6.76. The second-order valence-electron chi connectivity index (χ2n) is 4.85. The van der Waals surface area contributed by atoms with Gasteiger partial charge in [-0.15, -0.1) is 0 Å². The Morgan fingerprint density at radius 2 is 2.15 bits per heavy atom. The van der Waals surface area contributed by atoms with Crippen LogP contribution in [0.2, 0.25) is 0 Å². The number of hydrogen-bond acceptors (Lipinski definition) is 4. The Bertz CT molecular complexity index is 538. The molecule has 0 aliphatic heterocycles. The second kappa shape index (κ2) is 7.07. The molecule has 1 aromatic carbocycles. The monoisotopic (exact) mass is 274 g/mol. The number of benzene rings is 1. The summed E-state index contributed by atoms with van der Waals surface area (Å²) < 4.78 is 7.83. The number of nitrogens with two attached hydrogens (primary N) is 1.